The SMILES string of the molecule is Cn1c(=O)c2c(SCC(=O)N3CCOCC3)nc(-c3ccc([N+](=O)[O-])cc3)nc2n(C)c1=O. The van der Waals surface area contributed by atoms with Crippen molar-refractivity contribution in [1.29, 1.82) is 0 Å². The summed E-state index contributed by atoms with van der Waals surface area (Å²) in [5, 5.41) is 11.3. The Bertz CT molecular complexity index is 1360. The normalized spacial score (nSPS) is 13.9. The second-order valence-electron chi connectivity index (χ2n) is 7.34. The van der Waals surface area contributed by atoms with E-state index in [1.54, 1.807) is 4.90 Å². The number of aromatic nitrogens is 4. The molecule has 0 saturated carbocycles. The molecule has 0 bridgehead atoms. The minimum absolute atomic E-state index is 0.0395. The molecule has 0 N–H and O–H groups in total. The summed E-state index contributed by atoms with van der Waals surface area (Å²) in [7, 11) is 2.85. The summed E-state index contributed by atoms with van der Waals surface area (Å²) in [6.45, 7) is 1.93. The lowest BCUT2D eigenvalue weighted by Gasteiger charge is -2.26. The Labute approximate surface area is 191 Å². The molecule has 12 nitrogen and oxygen atoms in total. The number of amides is 1. The fourth-order valence-electron chi connectivity index (χ4n) is 3.43. The number of hydrogen-bond donors (Lipinski definition) is 0. The zero-order valence-corrected chi connectivity index (χ0v) is 18.7. The van der Waals surface area contributed by atoms with Crippen molar-refractivity contribution in [2.75, 3.05) is 32.1 Å². The molecule has 0 unspecified atom stereocenters. The first-order valence-corrected chi connectivity index (χ1v) is 11.0. The lowest BCUT2D eigenvalue weighted by molar-refractivity contribution is -0.384. The smallest absolute Gasteiger partial charge is 0.332 e. The maximum Gasteiger partial charge on any atom is 0.332 e. The van der Waals surface area contributed by atoms with E-state index >= 15 is 0 Å². The molecule has 33 heavy (non-hydrogen) atoms. The predicted molar refractivity (Wildman–Crippen MR) is 120 cm³/mol. The largest absolute Gasteiger partial charge is 0.378 e. The minimum atomic E-state index is -0.565. The van der Waals surface area contributed by atoms with E-state index < -0.39 is 16.2 Å². The highest BCUT2D eigenvalue weighted by atomic mass is 32.2. The standard InChI is InChI=1S/C20H20N6O6S/c1-23-17-15(19(28)24(2)20(23)29)18(33-11-14(27)25-7-9-32-10-8-25)22-16(21-17)12-3-5-13(6-4-12)26(30)31/h3-6H,7-11H2,1-2H3. The molecule has 0 aliphatic carbocycles. The average Bonchev–Trinajstić information content (AvgIpc) is 2.84. The highest BCUT2D eigenvalue weighted by Gasteiger charge is 2.22. The first-order valence-electron chi connectivity index (χ1n) is 9.99. The van der Waals surface area contributed by atoms with Crippen LogP contribution in [0.5, 0.6) is 0 Å². The number of hydrogen-bond acceptors (Lipinski definition) is 9. The molecular weight excluding hydrogens is 452 g/mol. The second-order valence-corrected chi connectivity index (χ2v) is 8.31. The fraction of sp³-hybridized carbons (Fsp3) is 0.350. The van der Waals surface area contributed by atoms with Crippen LogP contribution in [-0.2, 0) is 23.6 Å². The maximum atomic E-state index is 12.9. The molecule has 2 aromatic heterocycles. The molecule has 3 aromatic rings. The van der Waals surface area contributed by atoms with Crippen molar-refractivity contribution in [2.24, 2.45) is 14.1 Å². The maximum absolute atomic E-state index is 12.9. The predicted octanol–water partition coefficient (Wildman–Crippen LogP) is 0.553. The fourth-order valence-corrected chi connectivity index (χ4v) is 4.35. The molecule has 1 aliphatic heterocycles. The van der Waals surface area contributed by atoms with Gasteiger partial charge in [-0.25, -0.2) is 14.8 Å². The van der Waals surface area contributed by atoms with E-state index in [0.717, 1.165) is 16.3 Å². The van der Waals surface area contributed by atoms with Gasteiger partial charge in [0.2, 0.25) is 5.91 Å². The monoisotopic (exact) mass is 472 g/mol. The van der Waals surface area contributed by atoms with Gasteiger partial charge in [-0.05, 0) is 12.1 Å². The third kappa shape index (κ3) is 4.36. The second kappa shape index (κ2) is 9.11. The number of fused-ring (bicyclic) bond motifs is 1. The van der Waals surface area contributed by atoms with Gasteiger partial charge in [0.25, 0.3) is 11.2 Å². The number of carbonyl (C=O) groups is 1. The van der Waals surface area contributed by atoms with Crippen molar-refractivity contribution in [3.8, 4) is 11.4 Å². The molecule has 0 spiro atoms. The van der Waals surface area contributed by atoms with E-state index in [1.165, 1.54) is 42.9 Å². The molecule has 1 saturated heterocycles. The molecule has 3 heterocycles. The summed E-state index contributed by atoms with van der Waals surface area (Å²) < 4.78 is 7.47. The Hall–Kier alpha value is -3.58. The first-order chi connectivity index (χ1) is 15.8. The number of benzene rings is 1. The van der Waals surface area contributed by atoms with Gasteiger partial charge in [-0.15, -0.1) is 0 Å². The van der Waals surface area contributed by atoms with Crippen molar-refractivity contribution in [1.82, 2.24) is 24.0 Å². The highest BCUT2D eigenvalue weighted by molar-refractivity contribution is 8.00. The minimum Gasteiger partial charge on any atom is -0.378 e. The van der Waals surface area contributed by atoms with Gasteiger partial charge in [-0.3, -0.25) is 28.8 Å². The van der Waals surface area contributed by atoms with Crippen LogP contribution >= 0.6 is 11.8 Å². The quantitative estimate of drug-likeness (QED) is 0.225. The number of aryl methyl sites for hydroxylation is 1. The Balaban J connectivity index is 1.80. The zero-order chi connectivity index (χ0) is 23.7. The summed E-state index contributed by atoms with van der Waals surface area (Å²) in [6.07, 6.45) is 0. The average molecular weight is 472 g/mol. The van der Waals surface area contributed by atoms with Gasteiger partial charge in [0, 0.05) is 44.9 Å². The number of thioether (sulfide) groups is 1. The molecule has 172 valence electrons. The van der Waals surface area contributed by atoms with E-state index in [1.807, 2.05) is 0 Å². The molecular formula is C20H20N6O6S. The molecule has 1 aliphatic rings. The molecule has 13 heteroatoms. The number of non-ortho nitro benzene ring substituents is 1. The summed E-state index contributed by atoms with van der Waals surface area (Å²) in [5.74, 6) is 0.105. The van der Waals surface area contributed by atoms with E-state index in [2.05, 4.69) is 9.97 Å². The van der Waals surface area contributed by atoms with Gasteiger partial charge in [0.05, 0.1) is 23.9 Å². The van der Waals surface area contributed by atoms with Crippen molar-refractivity contribution in [3.05, 3.63) is 55.2 Å². The molecule has 1 fully saturated rings. The molecule has 1 aromatic carbocycles. The van der Waals surface area contributed by atoms with Crippen LogP contribution in [0.4, 0.5) is 5.69 Å². The number of carbonyl (C=O) groups excluding carboxylic acids is 1. The summed E-state index contributed by atoms with van der Waals surface area (Å²) in [5.41, 5.74) is -0.623. The number of morpholine rings is 1. The lowest BCUT2D eigenvalue weighted by atomic mass is 10.2. The van der Waals surface area contributed by atoms with Crippen LogP contribution in [0.1, 0.15) is 0 Å². The van der Waals surface area contributed by atoms with Crippen molar-refractivity contribution in [3.63, 3.8) is 0 Å². The topological polar surface area (TPSA) is 142 Å². The van der Waals surface area contributed by atoms with Gasteiger partial charge in [0.1, 0.15) is 10.4 Å². The van der Waals surface area contributed by atoms with Crippen molar-refractivity contribution >= 4 is 34.4 Å². The van der Waals surface area contributed by atoms with Crippen LogP contribution in [0.2, 0.25) is 0 Å². The summed E-state index contributed by atoms with van der Waals surface area (Å²) in [6, 6.07) is 5.62. The van der Waals surface area contributed by atoms with Crippen LogP contribution in [0, 0.1) is 10.1 Å². The van der Waals surface area contributed by atoms with E-state index in [9.17, 15) is 24.5 Å². The number of nitro benzene ring substituents is 1. The van der Waals surface area contributed by atoms with E-state index in [0.29, 0.717) is 31.9 Å². The van der Waals surface area contributed by atoms with Gasteiger partial charge >= 0.3 is 5.69 Å². The van der Waals surface area contributed by atoms with Crippen LogP contribution in [0.3, 0.4) is 0 Å². The van der Waals surface area contributed by atoms with Gasteiger partial charge in [-0.1, -0.05) is 11.8 Å². The van der Waals surface area contributed by atoms with Crippen LogP contribution < -0.4 is 11.2 Å². The number of nitro groups is 1. The first kappa shape index (κ1) is 22.6. The Kier molecular flexibility index (Phi) is 6.24. The molecule has 0 radical (unpaired) electrons. The highest BCUT2D eigenvalue weighted by Crippen LogP contribution is 2.27. The number of rotatable bonds is 5. The van der Waals surface area contributed by atoms with Gasteiger partial charge < -0.3 is 9.64 Å². The number of ether oxygens (including phenoxy) is 1. The lowest BCUT2D eigenvalue weighted by Crippen LogP contribution is -2.41. The Morgan fingerprint density at radius 2 is 1.79 bits per heavy atom. The van der Waals surface area contributed by atoms with Crippen molar-refractivity contribution < 1.29 is 14.5 Å². The summed E-state index contributed by atoms with van der Waals surface area (Å²) in [4.78, 5) is 59.0. The molecule has 4 rings (SSSR count). The van der Waals surface area contributed by atoms with Crippen molar-refractivity contribution in [2.45, 2.75) is 5.03 Å². The third-order valence-corrected chi connectivity index (χ3v) is 6.26. The zero-order valence-electron chi connectivity index (χ0n) is 17.9. The Morgan fingerprint density at radius 3 is 2.42 bits per heavy atom. The summed E-state index contributed by atoms with van der Waals surface area (Å²) >= 11 is 1.09. The van der Waals surface area contributed by atoms with Crippen LogP contribution in [0.15, 0.2) is 38.9 Å². The Morgan fingerprint density at radius 1 is 1.12 bits per heavy atom. The van der Waals surface area contributed by atoms with Gasteiger partial charge in [-0.2, -0.15) is 0 Å². The number of nitrogens with zero attached hydrogens (tertiary/aromatic N) is 6. The van der Waals surface area contributed by atoms with Crippen LogP contribution in [0.25, 0.3) is 22.4 Å². The molecule has 0 atom stereocenters. The molecule has 1 amide bonds. The van der Waals surface area contributed by atoms with Crippen LogP contribution in [-0.4, -0.2) is 66.9 Å². The third-order valence-electron chi connectivity index (χ3n) is 5.30. The van der Waals surface area contributed by atoms with E-state index in [4.69, 9.17) is 4.74 Å². The van der Waals surface area contributed by atoms with Gasteiger partial charge in [0.15, 0.2) is 11.5 Å². The van der Waals surface area contributed by atoms with E-state index in [-0.39, 0.29) is 39.2 Å².